The number of hydrogen-bond acceptors (Lipinski definition) is 4. The Balaban J connectivity index is 2.04. The summed E-state index contributed by atoms with van der Waals surface area (Å²) in [6, 6.07) is 6.12. The molecule has 7 nitrogen and oxygen atoms in total. The molecular formula is C18H26N2O5S. The van der Waals surface area contributed by atoms with Crippen LogP contribution in [0.1, 0.15) is 45.1 Å². The third-order valence-electron chi connectivity index (χ3n) is 4.86. The summed E-state index contributed by atoms with van der Waals surface area (Å²) < 4.78 is 26.3. The number of rotatable bonds is 7. The van der Waals surface area contributed by atoms with Gasteiger partial charge in [-0.05, 0) is 37.5 Å². The van der Waals surface area contributed by atoms with Crippen LogP contribution in [0.3, 0.4) is 0 Å². The Labute approximate surface area is 154 Å². The van der Waals surface area contributed by atoms with Crippen LogP contribution in [0, 0.1) is 5.92 Å². The van der Waals surface area contributed by atoms with E-state index in [0.29, 0.717) is 24.9 Å². The largest absolute Gasteiger partial charge is 0.481 e. The number of carbonyl (C=O) groups excluding carboxylic acids is 1. The molecule has 0 saturated heterocycles. The average Bonchev–Trinajstić information content (AvgIpc) is 2.54. The van der Waals surface area contributed by atoms with Gasteiger partial charge in [0.05, 0.1) is 22.8 Å². The molecule has 8 heteroatoms. The van der Waals surface area contributed by atoms with Crippen molar-refractivity contribution in [2.75, 3.05) is 6.54 Å². The predicted octanol–water partition coefficient (Wildman–Crippen LogP) is 1.68. The molecule has 1 aromatic carbocycles. The molecule has 0 aliphatic heterocycles. The van der Waals surface area contributed by atoms with Gasteiger partial charge in [0.25, 0.3) is 0 Å². The first-order valence-corrected chi connectivity index (χ1v) is 10.3. The van der Waals surface area contributed by atoms with Crippen LogP contribution in [-0.2, 0) is 26.0 Å². The standard InChI is InChI=1S/C18H26N2O5S/c1-3-19-26(24,25)14-9-7-13(8-10-14)12-16(21)20-18(2)11-5-4-6-15(18)17(22)23/h7-10,15,19H,3-6,11-12H2,1-2H3,(H,20,21)(H,22,23). The predicted molar refractivity (Wildman–Crippen MR) is 97.2 cm³/mol. The zero-order valence-corrected chi connectivity index (χ0v) is 15.9. The van der Waals surface area contributed by atoms with Crippen LogP contribution in [0.2, 0.25) is 0 Å². The molecule has 0 heterocycles. The molecule has 0 spiro atoms. The van der Waals surface area contributed by atoms with Gasteiger partial charge in [0.1, 0.15) is 0 Å². The van der Waals surface area contributed by atoms with E-state index in [-0.39, 0.29) is 17.2 Å². The van der Waals surface area contributed by atoms with Gasteiger partial charge in [0.2, 0.25) is 15.9 Å². The molecule has 26 heavy (non-hydrogen) atoms. The summed E-state index contributed by atoms with van der Waals surface area (Å²) in [4.78, 5) is 24.0. The van der Waals surface area contributed by atoms with Crippen molar-refractivity contribution in [1.82, 2.24) is 10.0 Å². The summed E-state index contributed by atoms with van der Waals surface area (Å²) in [5.41, 5.74) is -0.0839. The SMILES string of the molecule is CCNS(=O)(=O)c1ccc(CC(=O)NC2(C)CCCCC2C(=O)O)cc1. The lowest BCUT2D eigenvalue weighted by molar-refractivity contribution is -0.146. The summed E-state index contributed by atoms with van der Waals surface area (Å²) in [7, 11) is -3.52. The minimum absolute atomic E-state index is 0.0729. The maximum absolute atomic E-state index is 12.4. The minimum Gasteiger partial charge on any atom is -0.481 e. The van der Waals surface area contributed by atoms with Gasteiger partial charge in [-0.2, -0.15) is 0 Å². The Kier molecular flexibility index (Phi) is 6.41. The Morgan fingerprint density at radius 2 is 1.88 bits per heavy atom. The molecule has 0 bridgehead atoms. The molecule has 1 aliphatic rings. The van der Waals surface area contributed by atoms with E-state index in [0.717, 1.165) is 12.8 Å². The number of carbonyl (C=O) groups is 2. The highest BCUT2D eigenvalue weighted by molar-refractivity contribution is 7.89. The van der Waals surface area contributed by atoms with Crippen LogP contribution in [0.5, 0.6) is 0 Å². The van der Waals surface area contributed by atoms with E-state index in [1.54, 1.807) is 26.0 Å². The lowest BCUT2D eigenvalue weighted by Gasteiger charge is -2.39. The van der Waals surface area contributed by atoms with Crippen molar-refractivity contribution >= 4 is 21.9 Å². The summed E-state index contributed by atoms with van der Waals surface area (Å²) >= 11 is 0. The van der Waals surface area contributed by atoms with E-state index in [1.807, 2.05) is 0 Å². The highest BCUT2D eigenvalue weighted by atomic mass is 32.2. The van der Waals surface area contributed by atoms with Crippen LogP contribution in [-0.4, -0.2) is 37.5 Å². The molecule has 2 atom stereocenters. The second kappa shape index (κ2) is 8.18. The lowest BCUT2D eigenvalue weighted by atomic mass is 9.74. The second-order valence-corrected chi connectivity index (χ2v) is 8.69. The molecule has 1 aromatic rings. The van der Waals surface area contributed by atoms with Crippen molar-refractivity contribution in [3.05, 3.63) is 29.8 Å². The Morgan fingerprint density at radius 3 is 2.46 bits per heavy atom. The molecule has 1 aliphatic carbocycles. The first-order chi connectivity index (χ1) is 12.2. The summed E-state index contributed by atoms with van der Waals surface area (Å²) in [5, 5.41) is 12.3. The highest BCUT2D eigenvalue weighted by Crippen LogP contribution is 2.33. The first-order valence-electron chi connectivity index (χ1n) is 8.80. The zero-order valence-electron chi connectivity index (χ0n) is 15.1. The normalized spacial score (nSPS) is 23.4. The van der Waals surface area contributed by atoms with Gasteiger partial charge >= 0.3 is 5.97 Å². The lowest BCUT2D eigenvalue weighted by Crippen LogP contribution is -2.55. The highest BCUT2D eigenvalue weighted by Gasteiger charge is 2.42. The molecular weight excluding hydrogens is 356 g/mol. The van der Waals surface area contributed by atoms with Gasteiger partial charge in [-0.15, -0.1) is 0 Å². The fraction of sp³-hybridized carbons (Fsp3) is 0.556. The summed E-state index contributed by atoms with van der Waals surface area (Å²) in [5.74, 6) is -1.73. The van der Waals surface area contributed by atoms with Gasteiger partial charge in [-0.25, -0.2) is 13.1 Å². The molecule has 1 saturated carbocycles. The molecule has 2 rings (SSSR count). The van der Waals surface area contributed by atoms with Crippen LogP contribution >= 0.6 is 0 Å². The van der Waals surface area contributed by atoms with Crippen LogP contribution < -0.4 is 10.0 Å². The molecule has 3 N–H and O–H groups in total. The van der Waals surface area contributed by atoms with E-state index in [1.165, 1.54) is 12.1 Å². The molecule has 0 radical (unpaired) electrons. The molecule has 1 fully saturated rings. The van der Waals surface area contributed by atoms with Crippen molar-refractivity contribution < 1.29 is 23.1 Å². The smallest absolute Gasteiger partial charge is 0.308 e. The number of amides is 1. The number of carboxylic acid groups (broad SMARTS) is 1. The van der Waals surface area contributed by atoms with Gasteiger partial charge in [0, 0.05) is 6.54 Å². The Morgan fingerprint density at radius 1 is 1.23 bits per heavy atom. The van der Waals surface area contributed by atoms with Crippen molar-refractivity contribution in [2.45, 2.75) is 56.4 Å². The fourth-order valence-corrected chi connectivity index (χ4v) is 4.53. The number of aliphatic carboxylic acids is 1. The monoisotopic (exact) mass is 382 g/mol. The van der Waals surface area contributed by atoms with Crippen LogP contribution in [0.15, 0.2) is 29.2 Å². The van der Waals surface area contributed by atoms with Gasteiger partial charge in [0.15, 0.2) is 0 Å². The maximum atomic E-state index is 12.4. The number of carboxylic acids is 1. The second-order valence-electron chi connectivity index (χ2n) is 6.92. The van der Waals surface area contributed by atoms with E-state index < -0.39 is 27.4 Å². The average molecular weight is 382 g/mol. The van der Waals surface area contributed by atoms with Crippen molar-refractivity contribution in [3.8, 4) is 0 Å². The van der Waals surface area contributed by atoms with Gasteiger partial charge in [-0.1, -0.05) is 31.9 Å². The van der Waals surface area contributed by atoms with Crippen LogP contribution in [0.4, 0.5) is 0 Å². The zero-order chi connectivity index (χ0) is 19.4. The quantitative estimate of drug-likeness (QED) is 0.664. The summed E-state index contributed by atoms with van der Waals surface area (Å²) in [6.07, 6.45) is 3.00. The fourth-order valence-electron chi connectivity index (χ4n) is 3.49. The third-order valence-corrected chi connectivity index (χ3v) is 6.43. The van der Waals surface area contributed by atoms with Crippen LogP contribution in [0.25, 0.3) is 0 Å². The number of hydrogen-bond donors (Lipinski definition) is 3. The van der Waals surface area contributed by atoms with E-state index in [2.05, 4.69) is 10.0 Å². The molecule has 144 valence electrons. The number of nitrogens with one attached hydrogen (secondary N) is 2. The number of benzene rings is 1. The molecule has 1 amide bonds. The van der Waals surface area contributed by atoms with E-state index in [4.69, 9.17) is 0 Å². The Hall–Kier alpha value is -1.93. The number of sulfonamides is 1. The first kappa shape index (κ1) is 20.4. The van der Waals surface area contributed by atoms with Crippen molar-refractivity contribution in [3.63, 3.8) is 0 Å². The topological polar surface area (TPSA) is 113 Å². The van der Waals surface area contributed by atoms with Gasteiger partial charge < -0.3 is 10.4 Å². The van der Waals surface area contributed by atoms with Crippen molar-refractivity contribution in [1.29, 1.82) is 0 Å². The maximum Gasteiger partial charge on any atom is 0.308 e. The van der Waals surface area contributed by atoms with Gasteiger partial charge in [-0.3, -0.25) is 9.59 Å². The Bertz CT molecular complexity index is 760. The van der Waals surface area contributed by atoms with E-state index >= 15 is 0 Å². The molecule has 0 aromatic heterocycles. The summed E-state index contributed by atoms with van der Waals surface area (Å²) in [6.45, 7) is 3.79. The van der Waals surface area contributed by atoms with E-state index in [9.17, 15) is 23.1 Å². The third kappa shape index (κ3) is 4.82. The van der Waals surface area contributed by atoms with Crippen molar-refractivity contribution in [2.24, 2.45) is 5.92 Å². The molecule has 2 unspecified atom stereocenters. The minimum atomic E-state index is -3.52.